The van der Waals surface area contributed by atoms with Gasteiger partial charge in [-0.15, -0.1) is 22.7 Å². The Morgan fingerprint density at radius 1 is 0.750 bits per heavy atom. The van der Waals surface area contributed by atoms with Gasteiger partial charge in [0.15, 0.2) is 0 Å². The van der Waals surface area contributed by atoms with Crippen LogP contribution in [0.1, 0.15) is 24.9 Å². The number of para-hydroxylation sites is 2. The van der Waals surface area contributed by atoms with Crippen LogP contribution in [-0.4, -0.2) is 39.0 Å². The fraction of sp³-hybridized carbons (Fsp3) is 0.118. The topological polar surface area (TPSA) is 67.9 Å². The number of fused-ring (bicyclic) bond motifs is 2. The molecule has 0 aliphatic heterocycles. The lowest BCUT2D eigenvalue weighted by Gasteiger charge is -2.23. The normalized spacial score (nSPS) is 11.1. The number of methoxy groups -OCH3 is 2. The Kier molecular flexibility index (Phi) is 8.77. The van der Waals surface area contributed by atoms with E-state index in [1.54, 1.807) is 25.2 Å². The lowest BCUT2D eigenvalue weighted by Crippen LogP contribution is -2.35. The molecule has 0 aliphatic carbocycles. The molecule has 6 aromatic rings. The number of benzene rings is 4. The van der Waals surface area contributed by atoms with E-state index in [0.717, 1.165) is 25.9 Å². The summed E-state index contributed by atoms with van der Waals surface area (Å²) in [7, 11) is 3.21. The van der Waals surface area contributed by atoms with E-state index in [1.165, 1.54) is 22.7 Å². The van der Waals surface area contributed by atoms with E-state index in [-0.39, 0.29) is 11.7 Å². The lowest BCUT2D eigenvalue weighted by atomic mass is 10.1. The number of carbonyl (C=O) groups is 2. The van der Waals surface area contributed by atoms with Gasteiger partial charge >= 0.3 is 0 Å². The molecule has 0 atom stereocenters. The fourth-order valence-electron chi connectivity index (χ4n) is 4.97. The Morgan fingerprint density at radius 3 is 1.95 bits per heavy atom. The Labute approximate surface area is 272 Å². The van der Waals surface area contributed by atoms with Crippen LogP contribution in [0.15, 0.2) is 91.0 Å². The lowest BCUT2D eigenvalue weighted by molar-refractivity contribution is 0.0990. The number of nitrogens with one attached hydrogen (secondary N) is 1. The summed E-state index contributed by atoms with van der Waals surface area (Å²) in [6, 6.07) is 27.9. The number of rotatable bonds is 10. The van der Waals surface area contributed by atoms with E-state index in [1.807, 2.05) is 84.9 Å². The van der Waals surface area contributed by atoms with Crippen LogP contribution in [0.2, 0.25) is 10.0 Å². The first-order valence-corrected chi connectivity index (χ1v) is 16.0. The van der Waals surface area contributed by atoms with Crippen LogP contribution in [0.25, 0.3) is 20.2 Å². The quantitative estimate of drug-likeness (QED) is 0.148. The van der Waals surface area contributed by atoms with E-state index in [9.17, 15) is 9.59 Å². The van der Waals surface area contributed by atoms with E-state index in [4.69, 9.17) is 32.7 Å². The van der Waals surface area contributed by atoms with Crippen LogP contribution >= 0.6 is 45.9 Å². The maximum atomic E-state index is 14.0. The van der Waals surface area contributed by atoms with Gasteiger partial charge in [0.05, 0.1) is 29.1 Å². The van der Waals surface area contributed by atoms with Crippen molar-refractivity contribution in [3.63, 3.8) is 0 Å². The van der Waals surface area contributed by atoms with Crippen LogP contribution in [0.4, 0.5) is 11.4 Å². The SMILES string of the molecule is COc1ccc2c(Cl)c(C(=O)c3ccccc3NCCN(C(=O)c3sc4cc(OC)ccc4c3Cl)c3ccccc3)sc2c1. The maximum absolute atomic E-state index is 14.0. The number of halogens is 2. The first-order valence-electron chi connectivity index (χ1n) is 13.7. The third-order valence-corrected chi connectivity index (χ3v) is 10.5. The molecule has 2 heterocycles. The van der Waals surface area contributed by atoms with Gasteiger partial charge < -0.3 is 19.7 Å². The molecule has 0 unspecified atom stereocenters. The highest BCUT2D eigenvalue weighted by Gasteiger charge is 2.25. The number of carbonyl (C=O) groups excluding carboxylic acids is 2. The van der Waals surface area contributed by atoms with Crippen molar-refractivity contribution >= 4 is 89.1 Å². The summed E-state index contributed by atoms with van der Waals surface area (Å²) in [4.78, 5) is 30.3. The number of amides is 1. The zero-order valence-electron chi connectivity index (χ0n) is 23.7. The van der Waals surface area contributed by atoms with E-state index in [2.05, 4.69) is 5.32 Å². The molecule has 0 bridgehead atoms. The predicted octanol–water partition coefficient (Wildman–Crippen LogP) is 9.43. The molecule has 1 N–H and O–H groups in total. The predicted molar refractivity (Wildman–Crippen MR) is 183 cm³/mol. The molecule has 6 rings (SSSR count). The summed E-state index contributed by atoms with van der Waals surface area (Å²) in [6.07, 6.45) is 0. The Hall–Kier alpha value is -4.08. The number of hydrogen-bond donors (Lipinski definition) is 1. The van der Waals surface area contributed by atoms with Crippen LogP contribution in [0, 0.1) is 0 Å². The van der Waals surface area contributed by atoms with Gasteiger partial charge in [-0.2, -0.15) is 0 Å². The number of ketones is 1. The molecule has 0 fully saturated rings. The molecular formula is C34H26Cl2N2O4S2. The minimum absolute atomic E-state index is 0.179. The Morgan fingerprint density at radius 2 is 1.32 bits per heavy atom. The number of anilines is 2. The summed E-state index contributed by atoms with van der Waals surface area (Å²) in [6.45, 7) is 0.696. The van der Waals surface area contributed by atoms with Crippen molar-refractivity contribution in [2.45, 2.75) is 0 Å². The Balaban J connectivity index is 1.26. The van der Waals surface area contributed by atoms with Crippen molar-refractivity contribution in [1.29, 1.82) is 0 Å². The van der Waals surface area contributed by atoms with Gasteiger partial charge in [0.1, 0.15) is 16.4 Å². The molecule has 222 valence electrons. The minimum atomic E-state index is -0.208. The first kappa shape index (κ1) is 30.0. The second-order valence-electron chi connectivity index (χ2n) is 9.81. The molecule has 0 radical (unpaired) electrons. The Bertz CT molecular complexity index is 2010. The molecule has 0 aliphatic rings. The van der Waals surface area contributed by atoms with Crippen LogP contribution in [0.3, 0.4) is 0 Å². The summed E-state index contributed by atoms with van der Waals surface area (Å²) in [5.41, 5.74) is 1.88. The summed E-state index contributed by atoms with van der Waals surface area (Å²) in [5, 5.41) is 5.83. The van der Waals surface area contributed by atoms with E-state index >= 15 is 0 Å². The monoisotopic (exact) mass is 660 g/mol. The standard InChI is InChI=1S/C34H26Cl2N2O4S2/c1-41-21-12-14-24-27(18-21)43-32(29(24)35)31(39)23-10-6-7-11-26(23)37-16-17-38(20-8-4-3-5-9-20)34(40)33-30(36)25-15-13-22(42-2)19-28(25)44-33/h3-15,18-19,37H,16-17H2,1-2H3. The zero-order valence-corrected chi connectivity index (χ0v) is 26.9. The van der Waals surface area contributed by atoms with Gasteiger partial charge in [0.25, 0.3) is 5.91 Å². The summed E-state index contributed by atoms with van der Waals surface area (Å²) < 4.78 is 12.4. The summed E-state index contributed by atoms with van der Waals surface area (Å²) in [5.74, 6) is 1.01. The van der Waals surface area contributed by atoms with Crippen molar-refractivity contribution in [3.8, 4) is 11.5 Å². The van der Waals surface area contributed by atoms with Crippen molar-refractivity contribution in [2.75, 3.05) is 37.5 Å². The van der Waals surface area contributed by atoms with Crippen LogP contribution in [-0.2, 0) is 0 Å². The number of thiophene rings is 2. The van der Waals surface area contributed by atoms with Gasteiger partial charge in [-0.25, -0.2) is 0 Å². The van der Waals surface area contributed by atoms with Crippen molar-refractivity contribution < 1.29 is 19.1 Å². The molecule has 2 aromatic heterocycles. The second kappa shape index (κ2) is 12.9. The van der Waals surface area contributed by atoms with Gasteiger partial charge in [0.2, 0.25) is 5.78 Å². The molecule has 0 spiro atoms. The maximum Gasteiger partial charge on any atom is 0.269 e. The van der Waals surface area contributed by atoms with Gasteiger partial charge in [0, 0.05) is 50.2 Å². The largest absolute Gasteiger partial charge is 0.497 e. The number of nitrogens with zero attached hydrogens (tertiary/aromatic N) is 1. The van der Waals surface area contributed by atoms with Crippen LogP contribution in [0.5, 0.6) is 11.5 Å². The van der Waals surface area contributed by atoms with Crippen molar-refractivity contribution in [2.24, 2.45) is 0 Å². The zero-order chi connectivity index (χ0) is 30.8. The summed E-state index contributed by atoms with van der Waals surface area (Å²) >= 11 is 16.1. The highest BCUT2D eigenvalue weighted by atomic mass is 35.5. The smallest absolute Gasteiger partial charge is 0.269 e. The average molecular weight is 662 g/mol. The molecule has 1 amide bonds. The molecule has 6 nitrogen and oxygen atoms in total. The van der Waals surface area contributed by atoms with Gasteiger partial charge in [-0.05, 0) is 60.7 Å². The van der Waals surface area contributed by atoms with Crippen molar-refractivity contribution in [1.82, 2.24) is 0 Å². The fourth-order valence-corrected chi connectivity index (χ4v) is 7.96. The third kappa shape index (κ3) is 5.74. The molecular weight excluding hydrogens is 635 g/mol. The number of hydrogen-bond acceptors (Lipinski definition) is 7. The average Bonchev–Trinajstić information content (AvgIpc) is 3.58. The molecule has 10 heteroatoms. The first-order chi connectivity index (χ1) is 21.4. The van der Waals surface area contributed by atoms with Gasteiger partial charge in [-0.1, -0.05) is 53.5 Å². The highest BCUT2D eigenvalue weighted by Crippen LogP contribution is 2.40. The number of ether oxygens (including phenoxy) is 2. The highest BCUT2D eigenvalue weighted by molar-refractivity contribution is 7.22. The second-order valence-corrected chi connectivity index (χ2v) is 12.7. The molecule has 44 heavy (non-hydrogen) atoms. The molecule has 4 aromatic carbocycles. The minimum Gasteiger partial charge on any atom is -0.497 e. The van der Waals surface area contributed by atoms with E-state index < -0.39 is 0 Å². The molecule has 0 saturated carbocycles. The van der Waals surface area contributed by atoms with Gasteiger partial charge in [-0.3, -0.25) is 9.59 Å². The van der Waals surface area contributed by atoms with Crippen molar-refractivity contribution in [3.05, 3.63) is 116 Å². The van der Waals surface area contributed by atoms with Crippen LogP contribution < -0.4 is 19.7 Å². The third-order valence-electron chi connectivity index (χ3n) is 7.21. The molecule has 0 saturated heterocycles. The van der Waals surface area contributed by atoms with E-state index in [0.29, 0.717) is 55.6 Å².